The largest absolute Gasteiger partial charge is 1.00 e. The SMILES string of the molecule is CC(=O)c1ccc(-c2cc(Cl)c3c(c2)CC(CN)O3)s1.CC(=O)c1ccc(-c2cc(Cl)c3c(c2)CC(CNS(=O)(=O)/C=C/c2cccnc2)O3)s1.Cl.ClCCl.Ic1cccnc1.O=P(Cl)(Cl)Cl.O=S(=O)(Cl)/C=C/c1cccnc1.O=S(=O)(Cl)CCCl.O=S(=O)([O-])/C=C/c1cccnc1.[K+]. The Labute approximate surface area is 693 Å². The van der Waals surface area contributed by atoms with Gasteiger partial charge in [0.1, 0.15) is 33.8 Å². The van der Waals surface area contributed by atoms with Gasteiger partial charge < -0.3 is 19.8 Å². The summed E-state index contributed by atoms with van der Waals surface area (Å²) < 4.78 is 121. The predicted octanol–water partition coefficient (Wildman–Crippen LogP) is 14.4. The van der Waals surface area contributed by atoms with E-state index >= 15 is 0 Å². The minimum Gasteiger partial charge on any atom is -0.744 e. The molecule has 0 bridgehead atoms. The first-order valence-corrected chi connectivity index (χ1v) is 44.2. The van der Waals surface area contributed by atoms with Gasteiger partial charge in [0.05, 0.1) is 30.9 Å². The number of nitrogens with zero attached hydrogens (tertiary/aromatic N) is 4. The molecule has 6 aromatic heterocycles. The molecular weight excluding hydrogens is 1800 g/mol. The van der Waals surface area contributed by atoms with E-state index in [1.807, 2.05) is 48.7 Å². The maximum absolute atomic E-state index is 12.3. The van der Waals surface area contributed by atoms with E-state index in [1.54, 1.807) is 92.6 Å². The number of ketones is 2. The monoisotopic (exact) mass is 1850 g/mol. The number of carbonyl (C=O) groups is 2. The summed E-state index contributed by atoms with van der Waals surface area (Å²) >= 11 is 46.2. The van der Waals surface area contributed by atoms with Gasteiger partial charge in [0.25, 0.3) is 9.05 Å². The standard InChI is InChI=1S/C22H19ClN2O4S2.C15H14ClNO2S.C7H6ClNO2S.C7H7NO3S.C5H4IN.C2H4Cl2O2S.CH2Cl2.Cl3OP.ClH.K/c1-14(26)20-4-5-21(30-20)16-9-17-10-18(29-22(17)19(23)11-16)13-25-31(27,28)8-6-15-3-2-7-24-12-15;1-8(18)13-2-3-14(20-13)9-4-10-5-11(7-17)19-15(10)12(16)6-9;8-12(10,11)5-3-7-2-1-4-9-6-7;9-12(10,11)5-3-7-2-1-4-8-6-7;6-5-2-1-3-7-4-5;3-1-2-7(4,5)6;2-1-3;1-5(2,3)4;;/h2-9,11-12,18,25H,10,13H2,1H3;2-4,6,11H,5,7,17H2,1H3;1-6H;1-6H,(H,9,10,11);1-4H;1-2H2;1H2;;1H;/q;;;;;;;;;+1/p-1/b8-6+;;2*5-3+;;;;;;. The molecule has 8 aromatic rings. The number of ether oxygens (including phenoxy) is 2. The van der Waals surface area contributed by atoms with Gasteiger partial charge in [0, 0.05) is 143 Å². The van der Waals surface area contributed by atoms with Crippen molar-refractivity contribution < 1.29 is 113 Å². The van der Waals surface area contributed by atoms with Gasteiger partial charge >= 0.3 is 56.6 Å². The van der Waals surface area contributed by atoms with E-state index in [9.17, 15) is 52.4 Å². The fourth-order valence-electron chi connectivity index (χ4n) is 7.27. The minimum atomic E-state index is -4.28. The molecule has 0 fully saturated rings. The van der Waals surface area contributed by atoms with E-state index in [1.165, 1.54) is 57.6 Å². The number of rotatable bonds is 16. The van der Waals surface area contributed by atoms with Gasteiger partial charge in [-0.1, -0.05) is 41.4 Å². The maximum atomic E-state index is 12.3. The summed E-state index contributed by atoms with van der Waals surface area (Å²) in [6.07, 6.45) is 18.0. The zero-order chi connectivity index (χ0) is 72.6. The molecule has 3 N–H and O–H groups in total. The number of nitrogens with two attached hydrogens (primary N) is 1. The van der Waals surface area contributed by atoms with Crippen LogP contribution in [0.3, 0.4) is 0 Å². The van der Waals surface area contributed by atoms with Crippen LogP contribution in [0.1, 0.15) is 61.0 Å². The number of thiophene rings is 2. The molecule has 0 spiro atoms. The van der Waals surface area contributed by atoms with Crippen molar-refractivity contribution in [2.24, 2.45) is 5.73 Å². The smallest absolute Gasteiger partial charge is 0.744 e. The second kappa shape index (κ2) is 48.3. The molecule has 40 heteroatoms. The number of nitrogens with one attached hydrogen (secondary N) is 1. The van der Waals surface area contributed by atoms with Crippen LogP contribution in [0, 0.1) is 3.57 Å². The number of Topliss-reactive ketones (excluding diaryl/α,β-unsaturated/α-hetero) is 2. The molecule has 2 unspecified atom stereocenters. The fraction of sp³-hybridized carbons (Fsp3) is 0.186. The number of sulfonamides is 1. The summed E-state index contributed by atoms with van der Waals surface area (Å²) in [5.41, 5.74) is 11.5. The van der Waals surface area contributed by atoms with E-state index in [4.69, 9.17) is 94.6 Å². The zero-order valence-corrected chi connectivity index (χ0v) is 70.9. The summed E-state index contributed by atoms with van der Waals surface area (Å²) in [6.45, 7) is 3.71. The third kappa shape index (κ3) is 42.1. The van der Waals surface area contributed by atoms with Crippen molar-refractivity contribution in [1.29, 1.82) is 0 Å². The average molecular weight is 1850 g/mol. The van der Waals surface area contributed by atoms with Gasteiger partial charge in [-0.15, -0.1) is 69.9 Å². The molecule has 10 rings (SSSR count). The Kier molecular flexibility index (Phi) is 46.4. The number of benzene rings is 2. The van der Waals surface area contributed by atoms with Crippen LogP contribution in [-0.4, -0.2) is 112 Å². The van der Waals surface area contributed by atoms with E-state index in [0.29, 0.717) is 55.7 Å². The Morgan fingerprint density at radius 2 is 1.03 bits per heavy atom. The summed E-state index contributed by atoms with van der Waals surface area (Å²) in [4.78, 5) is 41.7. The van der Waals surface area contributed by atoms with Crippen LogP contribution in [-0.2, 0) is 55.6 Å². The van der Waals surface area contributed by atoms with Crippen LogP contribution in [0.25, 0.3) is 39.1 Å². The Hall–Kier alpha value is -1.93. The number of halogens is 12. The Morgan fingerprint density at radius 1 is 0.646 bits per heavy atom. The van der Waals surface area contributed by atoms with Gasteiger partial charge in [0.2, 0.25) is 19.1 Å². The third-order valence-corrected chi connectivity index (χ3v) is 18.8. The van der Waals surface area contributed by atoms with Crippen molar-refractivity contribution >= 4 is 244 Å². The molecule has 8 heterocycles. The summed E-state index contributed by atoms with van der Waals surface area (Å²) in [6, 6.07) is 29.4. The molecule has 0 amide bonds. The molecule has 2 atom stereocenters. The number of hydrogen-bond acceptors (Lipinski definition) is 21. The van der Waals surface area contributed by atoms with Crippen LogP contribution in [0.4, 0.5) is 0 Å². The zero-order valence-electron chi connectivity index (χ0n) is 51.5. The predicted molar refractivity (Wildman–Crippen MR) is 412 cm³/mol. The van der Waals surface area contributed by atoms with Gasteiger partial charge in [-0.3, -0.25) is 34.1 Å². The Morgan fingerprint density at radius 3 is 1.33 bits per heavy atom. The Bertz CT molecular complexity index is 4370. The number of carbonyl (C=O) groups excluding carboxylic acids is 2. The summed E-state index contributed by atoms with van der Waals surface area (Å²) in [7, 11) is -5.13. The molecule has 20 nitrogen and oxygen atoms in total. The van der Waals surface area contributed by atoms with Gasteiger partial charge in [-0.25, -0.2) is 38.4 Å². The molecule has 0 aliphatic carbocycles. The van der Waals surface area contributed by atoms with Crippen LogP contribution in [0.15, 0.2) is 163 Å². The van der Waals surface area contributed by atoms with Gasteiger partial charge in [-0.2, -0.15) is 0 Å². The first-order valence-electron chi connectivity index (χ1n) is 26.8. The van der Waals surface area contributed by atoms with Gasteiger partial charge in [-0.05, 0) is 195 Å². The van der Waals surface area contributed by atoms with Crippen molar-refractivity contribution in [3.8, 4) is 32.4 Å². The minimum absolute atomic E-state index is 0. The third-order valence-electron chi connectivity index (χ3n) is 11.2. The molecule has 532 valence electrons. The normalized spacial score (nSPS) is 13.5. The van der Waals surface area contributed by atoms with E-state index < -0.39 is 43.4 Å². The second-order valence-electron chi connectivity index (χ2n) is 18.7. The first kappa shape index (κ1) is 95.1. The molecule has 99 heavy (non-hydrogen) atoms. The number of fused-ring (bicyclic) bond motifs is 2. The molecule has 2 aliphatic heterocycles. The molecule has 0 radical (unpaired) electrons. The molecule has 0 saturated heterocycles. The quantitative estimate of drug-likeness (QED) is 0.0173. The topological polar surface area (TPSA) is 319 Å². The van der Waals surface area contributed by atoms with Crippen molar-refractivity contribution in [2.45, 2.75) is 38.9 Å². The maximum Gasteiger partial charge on any atom is 1.00 e. The summed E-state index contributed by atoms with van der Waals surface area (Å²) in [5, 5.41) is 0.675. The van der Waals surface area contributed by atoms with Crippen LogP contribution >= 0.6 is 176 Å². The van der Waals surface area contributed by atoms with E-state index in [-0.39, 0.29) is 111 Å². The van der Waals surface area contributed by atoms with E-state index in [2.05, 4.69) is 87.0 Å². The van der Waals surface area contributed by atoms with Crippen molar-refractivity contribution in [3.05, 3.63) is 214 Å². The second-order valence-corrected chi connectivity index (χ2v) is 39.1. The van der Waals surface area contributed by atoms with Gasteiger partial charge in [0.15, 0.2) is 11.6 Å². The average Bonchev–Trinajstić information content (AvgIpc) is 1.67. The number of hydrogen-bond donors (Lipinski definition) is 2. The van der Waals surface area contributed by atoms with Crippen molar-refractivity contribution in [1.82, 2.24) is 24.7 Å². The Balaban J connectivity index is 0.000000623. The number of pyridine rings is 4. The molecular formula is C59H56Cl11IKN6O14PS6. The van der Waals surface area contributed by atoms with Crippen LogP contribution in [0.2, 0.25) is 10.0 Å². The number of aromatic nitrogens is 4. The fourth-order valence-corrected chi connectivity index (χ4v) is 12.9. The summed E-state index contributed by atoms with van der Waals surface area (Å²) in [5.74, 6) is 1.33. The number of alkyl halides is 3. The molecule has 0 saturated carbocycles. The van der Waals surface area contributed by atoms with E-state index in [0.717, 1.165) is 59.9 Å². The molecule has 2 aliphatic rings. The van der Waals surface area contributed by atoms with Crippen LogP contribution < -0.4 is 71.3 Å². The van der Waals surface area contributed by atoms with Crippen molar-refractivity contribution in [3.63, 3.8) is 0 Å². The molecule has 2 aromatic carbocycles. The first-order chi connectivity index (χ1) is 45.4. The van der Waals surface area contributed by atoms with Crippen molar-refractivity contribution in [2.75, 3.05) is 30.1 Å². The van der Waals surface area contributed by atoms with Crippen LogP contribution in [0.5, 0.6) is 11.5 Å².